The Balaban J connectivity index is 1.35. The summed E-state index contributed by atoms with van der Waals surface area (Å²) < 4.78 is 1.46. The second-order valence-electron chi connectivity index (χ2n) is 7.34. The van der Waals surface area contributed by atoms with Crippen LogP contribution in [0.1, 0.15) is 39.2 Å². The lowest BCUT2D eigenvalue weighted by molar-refractivity contribution is -0.119. The summed E-state index contributed by atoms with van der Waals surface area (Å²) in [6.45, 7) is 1.72. The minimum atomic E-state index is -0.511. The van der Waals surface area contributed by atoms with Gasteiger partial charge in [0.05, 0.1) is 0 Å². The first-order valence-electron chi connectivity index (χ1n) is 10.3. The number of carbonyl (C=O) groups excluding carboxylic acids is 3. The number of hydrogen-bond donors (Lipinski definition) is 2. The highest BCUT2D eigenvalue weighted by Gasteiger charge is 2.16. The topological polar surface area (TPSA) is 106 Å². The molecule has 1 aromatic heterocycles. The molecular formula is C25H21N5O3. The van der Waals surface area contributed by atoms with Crippen molar-refractivity contribution in [2.75, 3.05) is 10.6 Å². The molecule has 4 aromatic rings. The molecule has 164 valence electrons. The van der Waals surface area contributed by atoms with Crippen molar-refractivity contribution in [1.82, 2.24) is 14.8 Å². The zero-order valence-corrected chi connectivity index (χ0v) is 17.8. The molecule has 1 atom stereocenters. The lowest BCUT2D eigenvalue weighted by Gasteiger charge is -2.12. The predicted octanol–water partition coefficient (Wildman–Crippen LogP) is 3.96. The van der Waals surface area contributed by atoms with E-state index in [0.29, 0.717) is 28.1 Å². The maximum atomic E-state index is 12.6. The molecule has 2 amide bonds. The van der Waals surface area contributed by atoms with Crippen molar-refractivity contribution >= 4 is 29.0 Å². The number of benzene rings is 3. The Bertz CT molecular complexity index is 1250. The largest absolute Gasteiger partial charge is 0.324 e. The van der Waals surface area contributed by atoms with Crippen molar-refractivity contribution < 1.29 is 14.4 Å². The number of nitrogens with one attached hydrogen (secondary N) is 2. The average molecular weight is 439 g/mol. The first kappa shape index (κ1) is 21.6. The summed E-state index contributed by atoms with van der Waals surface area (Å²) in [6, 6.07) is 21.8. The normalized spacial score (nSPS) is 11.4. The molecule has 33 heavy (non-hydrogen) atoms. The molecule has 8 heteroatoms. The fourth-order valence-electron chi connectivity index (χ4n) is 3.15. The van der Waals surface area contributed by atoms with Gasteiger partial charge >= 0.3 is 0 Å². The number of amides is 2. The standard InChI is InChI=1S/C25H21N5O3/c1-17(30-16-26-15-27-30)24(32)28-21-11-13-22(14-12-21)29-25(33)20-9-7-19(8-10-20)23(31)18-5-3-2-4-6-18/h2-17H,1H3,(H,28,32)(H,29,33)/t17-/m1/s1. The van der Waals surface area contributed by atoms with E-state index < -0.39 is 6.04 Å². The van der Waals surface area contributed by atoms with Crippen LogP contribution in [0.4, 0.5) is 11.4 Å². The molecule has 0 aliphatic carbocycles. The lowest BCUT2D eigenvalue weighted by Crippen LogP contribution is -2.24. The maximum Gasteiger partial charge on any atom is 0.255 e. The van der Waals surface area contributed by atoms with E-state index in [0.717, 1.165) is 0 Å². The summed E-state index contributed by atoms with van der Waals surface area (Å²) >= 11 is 0. The smallest absolute Gasteiger partial charge is 0.255 e. The quantitative estimate of drug-likeness (QED) is 0.424. The van der Waals surface area contributed by atoms with Crippen LogP contribution < -0.4 is 10.6 Å². The summed E-state index contributed by atoms with van der Waals surface area (Å²) in [4.78, 5) is 41.2. The molecule has 0 bridgehead atoms. The molecule has 0 aliphatic heterocycles. The van der Waals surface area contributed by atoms with E-state index in [1.54, 1.807) is 67.6 Å². The third kappa shape index (κ3) is 5.19. The number of aromatic nitrogens is 3. The van der Waals surface area contributed by atoms with Crippen LogP contribution in [0.15, 0.2) is 91.5 Å². The van der Waals surface area contributed by atoms with E-state index in [1.165, 1.54) is 17.3 Å². The third-order valence-corrected chi connectivity index (χ3v) is 5.07. The minimum absolute atomic E-state index is 0.0988. The minimum Gasteiger partial charge on any atom is -0.324 e. The van der Waals surface area contributed by atoms with Crippen LogP contribution in [-0.4, -0.2) is 32.4 Å². The predicted molar refractivity (Wildman–Crippen MR) is 124 cm³/mol. The van der Waals surface area contributed by atoms with Crippen molar-refractivity contribution in [1.29, 1.82) is 0 Å². The Morgan fingerprint density at radius 1 is 0.758 bits per heavy atom. The fraction of sp³-hybridized carbons (Fsp3) is 0.0800. The Labute approximate surface area is 190 Å². The van der Waals surface area contributed by atoms with Gasteiger partial charge in [-0.1, -0.05) is 42.5 Å². The number of hydrogen-bond acceptors (Lipinski definition) is 5. The molecule has 0 fully saturated rings. The molecule has 0 saturated heterocycles. The molecule has 8 nitrogen and oxygen atoms in total. The summed E-state index contributed by atoms with van der Waals surface area (Å²) in [7, 11) is 0. The highest BCUT2D eigenvalue weighted by Crippen LogP contribution is 2.17. The number of ketones is 1. The zero-order chi connectivity index (χ0) is 23.2. The van der Waals surface area contributed by atoms with Crippen molar-refractivity contribution in [3.8, 4) is 0 Å². The van der Waals surface area contributed by atoms with Crippen molar-refractivity contribution in [2.45, 2.75) is 13.0 Å². The van der Waals surface area contributed by atoms with E-state index in [9.17, 15) is 14.4 Å². The van der Waals surface area contributed by atoms with Crippen LogP contribution in [0.2, 0.25) is 0 Å². The van der Waals surface area contributed by atoms with Crippen LogP contribution in [0.3, 0.4) is 0 Å². The maximum absolute atomic E-state index is 12.6. The number of nitrogens with zero attached hydrogens (tertiary/aromatic N) is 3. The molecule has 4 rings (SSSR count). The zero-order valence-electron chi connectivity index (χ0n) is 17.8. The summed E-state index contributed by atoms with van der Waals surface area (Å²) in [5, 5.41) is 9.57. The summed E-state index contributed by atoms with van der Waals surface area (Å²) in [5.74, 6) is -0.633. The van der Waals surface area contributed by atoms with Crippen molar-refractivity contribution in [3.63, 3.8) is 0 Å². The molecule has 0 aliphatic rings. The van der Waals surface area contributed by atoms with E-state index in [1.807, 2.05) is 18.2 Å². The number of carbonyl (C=O) groups is 3. The fourth-order valence-corrected chi connectivity index (χ4v) is 3.15. The molecule has 0 saturated carbocycles. The Hall–Kier alpha value is -4.59. The second-order valence-corrected chi connectivity index (χ2v) is 7.34. The average Bonchev–Trinajstić information content (AvgIpc) is 3.40. The van der Waals surface area contributed by atoms with Crippen molar-refractivity contribution in [2.24, 2.45) is 0 Å². The van der Waals surface area contributed by atoms with Gasteiger partial charge in [-0.15, -0.1) is 0 Å². The first-order chi connectivity index (χ1) is 16.0. The van der Waals surface area contributed by atoms with E-state index in [4.69, 9.17) is 0 Å². The van der Waals surface area contributed by atoms with E-state index in [2.05, 4.69) is 20.7 Å². The second kappa shape index (κ2) is 9.69. The molecule has 3 aromatic carbocycles. The van der Waals surface area contributed by atoms with E-state index >= 15 is 0 Å². The van der Waals surface area contributed by atoms with Gasteiger partial charge in [0.2, 0.25) is 5.91 Å². The highest BCUT2D eigenvalue weighted by atomic mass is 16.2. The molecule has 2 N–H and O–H groups in total. The Kier molecular flexibility index (Phi) is 6.36. The summed E-state index contributed by atoms with van der Waals surface area (Å²) in [6.07, 6.45) is 2.85. The molecule has 0 unspecified atom stereocenters. The van der Waals surface area contributed by atoms with Gasteiger partial charge in [-0.05, 0) is 43.3 Å². The van der Waals surface area contributed by atoms with Crippen LogP contribution in [0.25, 0.3) is 0 Å². The lowest BCUT2D eigenvalue weighted by atomic mass is 10.0. The van der Waals surface area contributed by atoms with Gasteiger partial charge in [0.1, 0.15) is 18.7 Å². The van der Waals surface area contributed by atoms with Crippen molar-refractivity contribution in [3.05, 3.63) is 108 Å². The van der Waals surface area contributed by atoms with Gasteiger partial charge < -0.3 is 10.6 Å². The van der Waals surface area contributed by atoms with Gasteiger partial charge in [-0.2, -0.15) is 5.10 Å². The van der Waals surface area contributed by atoms with E-state index in [-0.39, 0.29) is 17.6 Å². The highest BCUT2D eigenvalue weighted by molar-refractivity contribution is 6.10. The Morgan fingerprint density at radius 2 is 1.33 bits per heavy atom. The van der Waals surface area contributed by atoms with Gasteiger partial charge in [0.15, 0.2) is 5.78 Å². The molecule has 0 spiro atoms. The van der Waals surface area contributed by atoms with Gasteiger partial charge in [-0.25, -0.2) is 9.67 Å². The van der Waals surface area contributed by atoms with Gasteiger partial charge in [0, 0.05) is 28.1 Å². The first-order valence-corrected chi connectivity index (χ1v) is 10.3. The van der Waals surface area contributed by atoms with Crippen LogP contribution in [-0.2, 0) is 4.79 Å². The molecule has 0 radical (unpaired) electrons. The number of rotatable bonds is 7. The van der Waals surface area contributed by atoms with Gasteiger partial charge in [-0.3, -0.25) is 14.4 Å². The van der Waals surface area contributed by atoms with Crippen LogP contribution >= 0.6 is 0 Å². The summed E-state index contributed by atoms with van der Waals surface area (Å²) in [5.41, 5.74) is 2.70. The van der Waals surface area contributed by atoms with Crippen LogP contribution in [0.5, 0.6) is 0 Å². The van der Waals surface area contributed by atoms with Crippen LogP contribution in [0, 0.1) is 0 Å². The SMILES string of the molecule is C[C@H](C(=O)Nc1ccc(NC(=O)c2ccc(C(=O)c3ccccc3)cc2)cc1)n1cncn1. The number of anilines is 2. The van der Waals surface area contributed by atoms with Gasteiger partial charge in [0.25, 0.3) is 5.91 Å². The monoisotopic (exact) mass is 439 g/mol. The molecular weight excluding hydrogens is 418 g/mol. The third-order valence-electron chi connectivity index (χ3n) is 5.07. The molecule has 1 heterocycles. The Morgan fingerprint density at radius 3 is 1.94 bits per heavy atom.